The van der Waals surface area contributed by atoms with Gasteiger partial charge in [0, 0.05) is 35.3 Å². The number of hydrogen-bond donors (Lipinski definition) is 3. The predicted molar refractivity (Wildman–Crippen MR) is 93.2 cm³/mol. The summed E-state index contributed by atoms with van der Waals surface area (Å²) >= 11 is 1.47. The van der Waals surface area contributed by atoms with Crippen molar-refractivity contribution >= 4 is 33.8 Å². The zero-order chi connectivity index (χ0) is 16.2. The number of carbonyl (C=O) groups is 1. The van der Waals surface area contributed by atoms with E-state index in [1.54, 1.807) is 18.2 Å². The van der Waals surface area contributed by atoms with Crippen LogP contribution in [0.15, 0.2) is 53.9 Å². The van der Waals surface area contributed by atoms with Crippen molar-refractivity contribution in [1.29, 1.82) is 0 Å². The molecule has 0 saturated heterocycles. The van der Waals surface area contributed by atoms with Crippen molar-refractivity contribution in [2.75, 3.05) is 10.6 Å². The number of benzene rings is 2. The maximum Gasteiger partial charge on any atom is 0.221 e. The van der Waals surface area contributed by atoms with Crippen LogP contribution in [-0.4, -0.2) is 16.0 Å². The molecule has 0 aliphatic carbocycles. The Bertz CT molecular complexity index is 845. The largest absolute Gasteiger partial charge is 0.508 e. The summed E-state index contributed by atoms with van der Waals surface area (Å²) < 4.78 is 0. The van der Waals surface area contributed by atoms with Gasteiger partial charge >= 0.3 is 0 Å². The number of anilines is 3. The molecule has 0 spiro atoms. The average Bonchev–Trinajstić information content (AvgIpc) is 2.95. The molecule has 0 bridgehead atoms. The van der Waals surface area contributed by atoms with Crippen LogP contribution in [0.25, 0.3) is 11.3 Å². The van der Waals surface area contributed by atoms with E-state index in [1.807, 2.05) is 35.7 Å². The number of aromatic nitrogens is 1. The number of hydrogen-bond acceptors (Lipinski definition) is 5. The summed E-state index contributed by atoms with van der Waals surface area (Å²) in [5.74, 6) is 0.0986. The van der Waals surface area contributed by atoms with Gasteiger partial charge in [-0.1, -0.05) is 18.2 Å². The lowest BCUT2D eigenvalue weighted by Gasteiger charge is -2.04. The average molecular weight is 325 g/mol. The molecule has 3 N–H and O–H groups in total. The first-order valence-electron chi connectivity index (χ1n) is 7.00. The minimum Gasteiger partial charge on any atom is -0.508 e. The van der Waals surface area contributed by atoms with Crippen molar-refractivity contribution in [2.24, 2.45) is 0 Å². The number of nitrogens with one attached hydrogen (secondary N) is 2. The number of aromatic hydroxyl groups is 1. The highest BCUT2D eigenvalue weighted by Crippen LogP contribution is 2.29. The molecule has 0 saturated carbocycles. The summed E-state index contributed by atoms with van der Waals surface area (Å²) in [4.78, 5) is 15.7. The van der Waals surface area contributed by atoms with Gasteiger partial charge in [0.1, 0.15) is 5.75 Å². The summed E-state index contributed by atoms with van der Waals surface area (Å²) in [7, 11) is 0. The van der Waals surface area contributed by atoms with Gasteiger partial charge in [-0.05, 0) is 24.3 Å². The number of amides is 1. The molecule has 3 aromatic rings. The van der Waals surface area contributed by atoms with Gasteiger partial charge in [0.25, 0.3) is 0 Å². The zero-order valence-electron chi connectivity index (χ0n) is 12.4. The van der Waals surface area contributed by atoms with E-state index in [-0.39, 0.29) is 11.7 Å². The van der Waals surface area contributed by atoms with Crippen LogP contribution in [0.4, 0.5) is 16.5 Å². The Hall–Kier alpha value is -2.86. The number of thiazole rings is 1. The van der Waals surface area contributed by atoms with Gasteiger partial charge < -0.3 is 15.7 Å². The van der Waals surface area contributed by atoms with E-state index in [0.717, 1.165) is 27.8 Å². The van der Waals surface area contributed by atoms with E-state index in [9.17, 15) is 9.90 Å². The minimum absolute atomic E-state index is 0.105. The van der Waals surface area contributed by atoms with Gasteiger partial charge in [-0.15, -0.1) is 11.3 Å². The highest BCUT2D eigenvalue weighted by atomic mass is 32.1. The molecule has 116 valence electrons. The molecule has 5 nitrogen and oxygen atoms in total. The lowest BCUT2D eigenvalue weighted by Crippen LogP contribution is -2.05. The fourth-order valence-corrected chi connectivity index (χ4v) is 2.87. The molecule has 2 aromatic carbocycles. The fraction of sp³-hybridized carbons (Fsp3) is 0.0588. The van der Waals surface area contributed by atoms with Crippen molar-refractivity contribution in [3.63, 3.8) is 0 Å². The molecular weight excluding hydrogens is 310 g/mol. The summed E-state index contributed by atoms with van der Waals surface area (Å²) in [6.45, 7) is 1.48. The Labute approximate surface area is 137 Å². The van der Waals surface area contributed by atoms with E-state index in [4.69, 9.17) is 0 Å². The van der Waals surface area contributed by atoms with Crippen LogP contribution in [-0.2, 0) is 4.79 Å². The monoisotopic (exact) mass is 325 g/mol. The van der Waals surface area contributed by atoms with Crippen LogP contribution in [0.2, 0.25) is 0 Å². The molecule has 0 unspecified atom stereocenters. The third-order valence-corrected chi connectivity index (χ3v) is 3.84. The van der Waals surface area contributed by atoms with Crippen molar-refractivity contribution in [1.82, 2.24) is 4.98 Å². The quantitative estimate of drug-likeness (QED) is 0.671. The molecule has 0 radical (unpaired) electrons. The second-order valence-corrected chi connectivity index (χ2v) is 5.83. The van der Waals surface area contributed by atoms with Crippen LogP contribution in [0.3, 0.4) is 0 Å². The van der Waals surface area contributed by atoms with Crippen LogP contribution < -0.4 is 10.6 Å². The molecule has 0 aliphatic heterocycles. The smallest absolute Gasteiger partial charge is 0.221 e. The van der Waals surface area contributed by atoms with Gasteiger partial charge in [0.2, 0.25) is 5.91 Å². The van der Waals surface area contributed by atoms with E-state index in [0.29, 0.717) is 0 Å². The first kappa shape index (κ1) is 15.1. The van der Waals surface area contributed by atoms with Crippen molar-refractivity contribution < 1.29 is 9.90 Å². The third-order valence-electron chi connectivity index (χ3n) is 3.08. The van der Waals surface area contributed by atoms with E-state index >= 15 is 0 Å². The van der Waals surface area contributed by atoms with Gasteiger partial charge in [-0.25, -0.2) is 4.98 Å². The van der Waals surface area contributed by atoms with Crippen LogP contribution in [0, 0.1) is 0 Å². The van der Waals surface area contributed by atoms with Crippen molar-refractivity contribution in [2.45, 2.75) is 6.92 Å². The molecule has 23 heavy (non-hydrogen) atoms. The Morgan fingerprint density at radius 1 is 1.13 bits per heavy atom. The van der Waals surface area contributed by atoms with E-state index < -0.39 is 0 Å². The predicted octanol–water partition coefficient (Wildman–Crippen LogP) is 4.22. The fourth-order valence-electron chi connectivity index (χ4n) is 2.13. The molecule has 1 amide bonds. The van der Waals surface area contributed by atoms with Gasteiger partial charge in [0.15, 0.2) is 5.13 Å². The molecule has 3 rings (SSSR count). The van der Waals surface area contributed by atoms with Gasteiger partial charge in [0.05, 0.1) is 5.69 Å². The topological polar surface area (TPSA) is 74.2 Å². The maximum absolute atomic E-state index is 11.1. The number of nitrogens with zero attached hydrogens (tertiary/aromatic N) is 1. The molecule has 6 heteroatoms. The normalized spacial score (nSPS) is 10.3. The Kier molecular flexibility index (Phi) is 4.25. The number of carbonyl (C=O) groups excluding carboxylic acids is 1. The summed E-state index contributed by atoms with van der Waals surface area (Å²) in [6, 6.07) is 14.4. The highest BCUT2D eigenvalue weighted by Gasteiger charge is 2.06. The first-order chi connectivity index (χ1) is 11.1. The Balaban J connectivity index is 1.80. The maximum atomic E-state index is 11.1. The van der Waals surface area contributed by atoms with Crippen LogP contribution >= 0.6 is 11.3 Å². The van der Waals surface area contributed by atoms with Crippen LogP contribution in [0.1, 0.15) is 6.92 Å². The third kappa shape index (κ3) is 3.87. The first-order valence-corrected chi connectivity index (χ1v) is 7.88. The lowest BCUT2D eigenvalue weighted by atomic mass is 10.1. The SMILES string of the molecule is CC(=O)Nc1cccc(-c2csc(Nc3cccc(O)c3)n2)c1. The molecule has 1 aromatic heterocycles. The highest BCUT2D eigenvalue weighted by molar-refractivity contribution is 7.14. The lowest BCUT2D eigenvalue weighted by molar-refractivity contribution is -0.114. The molecular formula is C17H15N3O2S. The Morgan fingerprint density at radius 2 is 1.91 bits per heavy atom. The van der Waals surface area contributed by atoms with E-state index in [1.165, 1.54) is 18.3 Å². The van der Waals surface area contributed by atoms with Crippen molar-refractivity contribution in [3.8, 4) is 17.0 Å². The van der Waals surface area contributed by atoms with E-state index in [2.05, 4.69) is 15.6 Å². The number of rotatable bonds is 4. The van der Waals surface area contributed by atoms with Crippen LogP contribution in [0.5, 0.6) is 5.75 Å². The number of phenols is 1. The Morgan fingerprint density at radius 3 is 2.70 bits per heavy atom. The summed E-state index contributed by atoms with van der Waals surface area (Å²) in [5, 5.41) is 18.1. The molecule has 0 atom stereocenters. The molecule has 1 heterocycles. The summed E-state index contributed by atoms with van der Waals surface area (Å²) in [6.07, 6.45) is 0. The zero-order valence-corrected chi connectivity index (χ0v) is 13.2. The summed E-state index contributed by atoms with van der Waals surface area (Å²) in [5.41, 5.74) is 3.27. The van der Waals surface area contributed by atoms with Crippen molar-refractivity contribution in [3.05, 3.63) is 53.9 Å². The standard InChI is InChI=1S/C17H15N3O2S/c1-11(21)18-13-5-2-4-12(8-13)16-10-23-17(20-16)19-14-6-3-7-15(22)9-14/h2-10,22H,1H3,(H,18,21)(H,19,20). The van der Waals surface area contributed by atoms with Gasteiger partial charge in [-0.2, -0.15) is 0 Å². The molecule has 0 aliphatic rings. The van der Waals surface area contributed by atoms with Gasteiger partial charge in [-0.3, -0.25) is 4.79 Å². The minimum atomic E-state index is -0.105. The second kappa shape index (κ2) is 6.50. The molecule has 0 fully saturated rings. The number of phenolic OH excluding ortho intramolecular Hbond substituents is 1. The second-order valence-electron chi connectivity index (χ2n) is 4.98.